The van der Waals surface area contributed by atoms with Crippen molar-refractivity contribution in [1.82, 2.24) is 0 Å². The highest BCUT2D eigenvalue weighted by molar-refractivity contribution is 5.30. The predicted octanol–water partition coefficient (Wildman–Crippen LogP) is 1.54. The average Bonchev–Trinajstić information content (AvgIpc) is 2.08. The Labute approximate surface area is 77.6 Å². The second-order valence-corrected chi connectivity index (χ2v) is 3.06. The molecule has 1 aromatic rings. The SMILES string of the molecule is CC(O)C(C)Oc1ccc(O)cc1. The van der Waals surface area contributed by atoms with Crippen molar-refractivity contribution in [2.45, 2.75) is 26.1 Å². The minimum atomic E-state index is -0.506. The van der Waals surface area contributed by atoms with E-state index < -0.39 is 6.10 Å². The molecule has 3 heteroatoms. The lowest BCUT2D eigenvalue weighted by molar-refractivity contribution is 0.0604. The highest BCUT2D eigenvalue weighted by Gasteiger charge is 2.09. The lowest BCUT2D eigenvalue weighted by Gasteiger charge is -2.16. The quantitative estimate of drug-likeness (QED) is 0.745. The number of rotatable bonds is 3. The van der Waals surface area contributed by atoms with Gasteiger partial charge in [-0.1, -0.05) is 0 Å². The Hall–Kier alpha value is -1.22. The number of aliphatic hydroxyl groups excluding tert-OH is 1. The van der Waals surface area contributed by atoms with Crippen molar-refractivity contribution in [2.24, 2.45) is 0 Å². The van der Waals surface area contributed by atoms with Crippen molar-refractivity contribution < 1.29 is 14.9 Å². The van der Waals surface area contributed by atoms with Gasteiger partial charge < -0.3 is 14.9 Å². The zero-order chi connectivity index (χ0) is 9.84. The molecule has 0 aliphatic heterocycles. The van der Waals surface area contributed by atoms with Crippen molar-refractivity contribution >= 4 is 0 Å². The number of benzene rings is 1. The summed E-state index contributed by atoms with van der Waals surface area (Å²) in [6, 6.07) is 6.41. The van der Waals surface area contributed by atoms with Crippen LogP contribution in [0, 0.1) is 0 Å². The summed E-state index contributed by atoms with van der Waals surface area (Å²) in [5.41, 5.74) is 0. The molecule has 0 saturated heterocycles. The molecule has 0 saturated carbocycles. The van der Waals surface area contributed by atoms with E-state index in [9.17, 15) is 0 Å². The van der Waals surface area contributed by atoms with Crippen LogP contribution in [0.25, 0.3) is 0 Å². The minimum absolute atomic E-state index is 0.206. The van der Waals surface area contributed by atoms with Gasteiger partial charge in [-0.25, -0.2) is 0 Å². The maximum absolute atomic E-state index is 9.16. The highest BCUT2D eigenvalue weighted by Crippen LogP contribution is 2.17. The summed E-state index contributed by atoms with van der Waals surface area (Å²) in [7, 11) is 0. The summed E-state index contributed by atoms with van der Waals surface area (Å²) >= 11 is 0. The minimum Gasteiger partial charge on any atom is -0.508 e. The summed E-state index contributed by atoms with van der Waals surface area (Å²) in [5.74, 6) is 0.850. The molecule has 0 radical (unpaired) electrons. The lowest BCUT2D eigenvalue weighted by Crippen LogP contribution is -2.25. The van der Waals surface area contributed by atoms with Gasteiger partial charge in [-0.05, 0) is 38.1 Å². The Kier molecular flexibility index (Phi) is 3.14. The third-order valence-electron chi connectivity index (χ3n) is 1.84. The molecular formula is C10H14O3. The van der Waals surface area contributed by atoms with E-state index in [1.165, 1.54) is 0 Å². The van der Waals surface area contributed by atoms with E-state index in [2.05, 4.69) is 0 Å². The van der Waals surface area contributed by atoms with Gasteiger partial charge in [0, 0.05) is 0 Å². The summed E-state index contributed by atoms with van der Waals surface area (Å²) in [6.07, 6.45) is -0.752. The average molecular weight is 182 g/mol. The van der Waals surface area contributed by atoms with E-state index in [0.29, 0.717) is 5.75 Å². The van der Waals surface area contributed by atoms with E-state index in [-0.39, 0.29) is 11.9 Å². The van der Waals surface area contributed by atoms with Gasteiger partial charge in [-0.2, -0.15) is 0 Å². The van der Waals surface area contributed by atoms with E-state index in [4.69, 9.17) is 14.9 Å². The molecule has 0 spiro atoms. The molecule has 2 unspecified atom stereocenters. The first-order valence-corrected chi connectivity index (χ1v) is 4.23. The fraction of sp³-hybridized carbons (Fsp3) is 0.400. The molecule has 2 atom stereocenters. The molecule has 3 nitrogen and oxygen atoms in total. The molecular weight excluding hydrogens is 168 g/mol. The lowest BCUT2D eigenvalue weighted by atomic mass is 10.2. The Bertz CT molecular complexity index is 253. The highest BCUT2D eigenvalue weighted by atomic mass is 16.5. The zero-order valence-electron chi connectivity index (χ0n) is 7.77. The van der Waals surface area contributed by atoms with Crippen molar-refractivity contribution in [2.75, 3.05) is 0 Å². The molecule has 0 aliphatic rings. The van der Waals surface area contributed by atoms with Crippen LogP contribution >= 0.6 is 0 Å². The Morgan fingerprint density at radius 2 is 1.69 bits per heavy atom. The third kappa shape index (κ3) is 2.95. The number of hydrogen-bond donors (Lipinski definition) is 2. The molecule has 13 heavy (non-hydrogen) atoms. The summed E-state index contributed by atoms with van der Waals surface area (Å²) < 4.78 is 5.37. The maximum Gasteiger partial charge on any atom is 0.121 e. The van der Waals surface area contributed by atoms with Crippen LogP contribution in [0.1, 0.15) is 13.8 Å². The van der Waals surface area contributed by atoms with Crippen LogP contribution in [0.15, 0.2) is 24.3 Å². The normalized spacial score (nSPS) is 15.0. The fourth-order valence-corrected chi connectivity index (χ4v) is 0.838. The van der Waals surface area contributed by atoms with E-state index >= 15 is 0 Å². The van der Waals surface area contributed by atoms with Gasteiger partial charge in [-0.3, -0.25) is 0 Å². The number of aromatic hydroxyl groups is 1. The van der Waals surface area contributed by atoms with Crippen molar-refractivity contribution in [3.8, 4) is 11.5 Å². The maximum atomic E-state index is 9.16. The predicted molar refractivity (Wildman–Crippen MR) is 49.9 cm³/mol. The molecule has 0 heterocycles. The number of hydrogen-bond acceptors (Lipinski definition) is 3. The van der Waals surface area contributed by atoms with Crippen LogP contribution in [0.4, 0.5) is 0 Å². The molecule has 0 aromatic heterocycles. The van der Waals surface area contributed by atoms with E-state index in [1.807, 2.05) is 0 Å². The fourth-order valence-electron chi connectivity index (χ4n) is 0.838. The topological polar surface area (TPSA) is 49.7 Å². The summed E-state index contributed by atoms with van der Waals surface area (Å²) in [6.45, 7) is 3.46. The first-order chi connectivity index (χ1) is 6.09. The van der Waals surface area contributed by atoms with Gasteiger partial charge >= 0.3 is 0 Å². The monoisotopic (exact) mass is 182 g/mol. The van der Waals surface area contributed by atoms with Crippen LogP contribution in [0.5, 0.6) is 11.5 Å². The van der Waals surface area contributed by atoms with Crippen LogP contribution in [-0.2, 0) is 0 Å². The van der Waals surface area contributed by atoms with E-state index in [1.54, 1.807) is 38.1 Å². The largest absolute Gasteiger partial charge is 0.508 e. The molecule has 0 aliphatic carbocycles. The molecule has 1 aromatic carbocycles. The van der Waals surface area contributed by atoms with Gasteiger partial charge in [0.1, 0.15) is 17.6 Å². The number of phenols is 1. The van der Waals surface area contributed by atoms with Gasteiger partial charge in [0.25, 0.3) is 0 Å². The molecule has 2 N–H and O–H groups in total. The molecule has 1 rings (SSSR count). The van der Waals surface area contributed by atoms with Crippen molar-refractivity contribution in [1.29, 1.82) is 0 Å². The molecule has 0 fully saturated rings. The second-order valence-electron chi connectivity index (χ2n) is 3.06. The van der Waals surface area contributed by atoms with Crippen molar-refractivity contribution in [3.05, 3.63) is 24.3 Å². The Balaban J connectivity index is 2.59. The zero-order valence-corrected chi connectivity index (χ0v) is 7.77. The van der Waals surface area contributed by atoms with Gasteiger partial charge in [0.2, 0.25) is 0 Å². The smallest absolute Gasteiger partial charge is 0.121 e. The Morgan fingerprint density at radius 1 is 1.15 bits per heavy atom. The first-order valence-electron chi connectivity index (χ1n) is 4.23. The summed E-state index contributed by atoms with van der Waals surface area (Å²) in [4.78, 5) is 0. The van der Waals surface area contributed by atoms with Crippen molar-refractivity contribution in [3.63, 3.8) is 0 Å². The van der Waals surface area contributed by atoms with Crippen LogP contribution in [0.3, 0.4) is 0 Å². The molecule has 0 bridgehead atoms. The number of phenolic OH excluding ortho intramolecular Hbond substituents is 1. The first kappa shape index (κ1) is 9.86. The molecule has 72 valence electrons. The number of ether oxygens (including phenoxy) is 1. The summed E-state index contributed by atoms with van der Waals surface area (Å²) in [5, 5.41) is 18.2. The van der Waals surface area contributed by atoms with Gasteiger partial charge in [0.15, 0.2) is 0 Å². The van der Waals surface area contributed by atoms with Crippen LogP contribution in [0.2, 0.25) is 0 Å². The Morgan fingerprint density at radius 3 is 2.15 bits per heavy atom. The molecule has 0 amide bonds. The second kappa shape index (κ2) is 4.14. The van der Waals surface area contributed by atoms with E-state index in [0.717, 1.165) is 0 Å². The van der Waals surface area contributed by atoms with Crippen LogP contribution in [-0.4, -0.2) is 22.4 Å². The van der Waals surface area contributed by atoms with Gasteiger partial charge in [-0.15, -0.1) is 0 Å². The standard InChI is InChI=1S/C10H14O3/c1-7(11)8(2)13-10-5-3-9(12)4-6-10/h3-8,11-12H,1-2H3. The third-order valence-corrected chi connectivity index (χ3v) is 1.84. The number of aliphatic hydroxyl groups is 1. The van der Waals surface area contributed by atoms with Crippen LogP contribution < -0.4 is 4.74 Å². The van der Waals surface area contributed by atoms with Gasteiger partial charge in [0.05, 0.1) is 6.10 Å².